The monoisotopic (exact) mass is 214 g/mol. The quantitative estimate of drug-likeness (QED) is 0.757. The van der Waals surface area contributed by atoms with Gasteiger partial charge in [-0.05, 0) is 36.8 Å². The standard InChI is InChI=1S/C12H15N.ClH/c1-9-4-2-3-5-11(9)12-6-10(12)7-13-8-12;/h2-5,10,13H,6-8H2,1H3;1H/i6D2,7D2,10D;. The van der Waals surface area contributed by atoms with E-state index in [-0.39, 0.29) is 19.0 Å². The fraction of sp³-hybridized carbons (Fsp3) is 0.500. The van der Waals surface area contributed by atoms with Crippen LogP contribution in [0.25, 0.3) is 0 Å². The predicted octanol–water partition coefficient (Wildman–Crippen LogP) is 2.28. The first kappa shape index (κ1) is 5.53. The first-order chi connectivity index (χ1) is 8.22. The summed E-state index contributed by atoms with van der Waals surface area (Å²) in [7, 11) is 0. The Morgan fingerprint density at radius 2 is 2.36 bits per heavy atom. The van der Waals surface area contributed by atoms with Crippen LogP contribution in [0.15, 0.2) is 24.3 Å². The van der Waals surface area contributed by atoms with E-state index in [1.54, 1.807) is 0 Å². The zero-order valence-electron chi connectivity index (χ0n) is 12.9. The molecule has 1 aromatic carbocycles. The van der Waals surface area contributed by atoms with Gasteiger partial charge in [0.2, 0.25) is 0 Å². The van der Waals surface area contributed by atoms with E-state index >= 15 is 0 Å². The highest BCUT2D eigenvalue weighted by atomic mass is 35.5. The summed E-state index contributed by atoms with van der Waals surface area (Å²) in [6.45, 7) is 0.0485. The van der Waals surface area contributed by atoms with E-state index < -0.39 is 24.2 Å². The molecular formula is C12H16ClN. The molecule has 0 bridgehead atoms. The molecule has 0 radical (unpaired) electrons. The summed E-state index contributed by atoms with van der Waals surface area (Å²) in [6, 6.07) is 7.38. The predicted molar refractivity (Wildman–Crippen MR) is 61.1 cm³/mol. The summed E-state index contributed by atoms with van der Waals surface area (Å²) in [5, 5.41) is 2.66. The Kier molecular flexibility index (Phi) is 1.28. The maximum absolute atomic E-state index is 8.34. The number of fused-ring (bicyclic) bond motifs is 1. The third kappa shape index (κ3) is 1.19. The van der Waals surface area contributed by atoms with Gasteiger partial charge >= 0.3 is 0 Å². The first-order valence-electron chi connectivity index (χ1n) is 7.03. The summed E-state index contributed by atoms with van der Waals surface area (Å²) in [4.78, 5) is 0. The number of benzene rings is 1. The van der Waals surface area contributed by atoms with Crippen LogP contribution < -0.4 is 5.32 Å². The van der Waals surface area contributed by atoms with Gasteiger partial charge in [-0.2, -0.15) is 0 Å². The zero-order valence-corrected chi connectivity index (χ0v) is 8.74. The number of rotatable bonds is 1. The van der Waals surface area contributed by atoms with Crippen LogP contribution in [-0.2, 0) is 5.41 Å². The number of hydrogen-bond donors (Lipinski definition) is 1. The summed E-state index contributed by atoms with van der Waals surface area (Å²) in [5.74, 6) is -1.75. The molecular weight excluding hydrogens is 194 g/mol. The van der Waals surface area contributed by atoms with E-state index in [1.165, 1.54) is 0 Å². The minimum absolute atomic E-state index is 0. The Labute approximate surface area is 98.3 Å². The third-order valence-corrected chi connectivity index (χ3v) is 2.87. The van der Waals surface area contributed by atoms with Crippen molar-refractivity contribution in [2.75, 3.05) is 13.0 Å². The van der Waals surface area contributed by atoms with Crippen LogP contribution in [0.5, 0.6) is 0 Å². The lowest BCUT2D eigenvalue weighted by atomic mass is 9.91. The van der Waals surface area contributed by atoms with Crippen LogP contribution >= 0.6 is 12.4 Å². The van der Waals surface area contributed by atoms with Gasteiger partial charge in [-0.3, -0.25) is 0 Å². The van der Waals surface area contributed by atoms with E-state index in [0.29, 0.717) is 0 Å². The van der Waals surface area contributed by atoms with Crippen molar-refractivity contribution in [3.63, 3.8) is 0 Å². The van der Waals surface area contributed by atoms with Crippen LogP contribution in [0.3, 0.4) is 0 Å². The molecule has 76 valence electrons. The summed E-state index contributed by atoms with van der Waals surface area (Å²) in [6.07, 6.45) is -1.85. The highest BCUT2D eigenvalue weighted by Gasteiger charge is 2.58. The Morgan fingerprint density at radius 3 is 3.00 bits per heavy atom. The molecule has 1 aromatic rings. The zero-order chi connectivity index (χ0) is 13.4. The summed E-state index contributed by atoms with van der Waals surface area (Å²) in [5.41, 5.74) is 0.586. The second-order valence-electron chi connectivity index (χ2n) is 3.70. The first-order valence-corrected chi connectivity index (χ1v) is 4.53. The lowest BCUT2D eigenvalue weighted by Crippen LogP contribution is -2.19. The lowest BCUT2D eigenvalue weighted by molar-refractivity contribution is 0.672. The highest BCUT2D eigenvalue weighted by Crippen LogP contribution is 2.56. The maximum atomic E-state index is 8.34. The maximum Gasteiger partial charge on any atom is 0.0431 e. The normalized spacial score (nSPS) is 51.1. The molecule has 2 aliphatic rings. The van der Waals surface area contributed by atoms with Gasteiger partial charge in [0, 0.05) is 18.8 Å². The molecule has 1 N–H and O–H groups in total. The number of halogens is 1. The third-order valence-electron chi connectivity index (χ3n) is 2.87. The molecule has 1 aliphatic heterocycles. The lowest BCUT2D eigenvalue weighted by Gasteiger charge is -2.14. The topological polar surface area (TPSA) is 12.0 Å². The van der Waals surface area contributed by atoms with E-state index in [2.05, 4.69) is 5.32 Å². The van der Waals surface area contributed by atoms with E-state index in [9.17, 15) is 0 Å². The molecule has 2 heteroatoms. The second-order valence-corrected chi connectivity index (χ2v) is 3.70. The number of hydrogen-bond acceptors (Lipinski definition) is 1. The van der Waals surface area contributed by atoms with Crippen molar-refractivity contribution < 1.29 is 6.85 Å². The smallest absolute Gasteiger partial charge is 0.0431 e. The van der Waals surface area contributed by atoms with Crippen LogP contribution in [0.1, 0.15) is 24.4 Å². The van der Waals surface area contributed by atoms with Crippen molar-refractivity contribution in [2.45, 2.75) is 18.7 Å². The molecule has 0 aromatic heterocycles. The molecule has 2 fully saturated rings. The van der Waals surface area contributed by atoms with Crippen molar-refractivity contribution in [1.29, 1.82) is 0 Å². The van der Waals surface area contributed by atoms with Gasteiger partial charge in [-0.15, -0.1) is 12.4 Å². The average molecular weight is 215 g/mol. The van der Waals surface area contributed by atoms with Crippen molar-refractivity contribution >= 4 is 12.4 Å². The van der Waals surface area contributed by atoms with Crippen molar-refractivity contribution in [1.82, 2.24) is 5.32 Å². The Morgan fingerprint density at radius 1 is 1.57 bits per heavy atom. The number of piperidine rings is 1. The fourth-order valence-corrected chi connectivity index (χ4v) is 2.07. The van der Waals surface area contributed by atoms with E-state index in [0.717, 1.165) is 11.1 Å². The molecule has 1 saturated carbocycles. The van der Waals surface area contributed by atoms with Gasteiger partial charge in [-0.1, -0.05) is 24.3 Å². The molecule has 0 spiro atoms. The van der Waals surface area contributed by atoms with Gasteiger partial charge in [-0.25, -0.2) is 0 Å². The Bertz CT molecular complexity index is 535. The van der Waals surface area contributed by atoms with Gasteiger partial charge < -0.3 is 5.32 Å². The molecule has 14 heavy (non-hydrogen) atoms. The molecule has 1 nitrogen and oxygen atoms in total. The molecule has 1 aliphatic carbocycles. The molecule has 2 unspecified atom stereocenters. The van der Waals surface area contributed by atoms with Crippen molar-refractivity contribution in [3.05, 3.63) is 35.4 Å². The minimum atomic E-state index is -2.00. The number of aryl methyl sites for hydroxylation is 1. The largest absolute Gasteiger partial charge is 0.316 e. The van der Waals surface area contributed by atoms with Gasteiger partial charge in [0.05, 0.1) is 0 Å². The van der Waals surface area contributed by atoms with Crippen molar-refractivity contribution in [2.24, 2.45) is 5.89 Å². The molecule has 2 atom stereocenters. The molecule has 1 saturated heterocycles. The van der Waals surface area contributed by atoms with E-state index in [4.69, 9.17) is 6.85 Å². The van der Waals surface area contributed by atoms with Crippen LogP contribution in [0.4, 0.5) is 0 Å². The van der Waals surface area contributed by atoms with Crippen LogP contribution in [0, 0.1) is 12.8 Å². The Hall–Kier alpha value is -0.530. The van der Waals surface area contributed by atoms with Crippen molar-refractivity contribution in [3.8, 4) is 0 Å². The molecule has 3 rings (SSSR count). The minimum Gasteiger partial charge on any atom is -0.316 e. The van der Waals surface area contributed by atoms with E-state index in [1.807, 2.05) is 31.2 Å². The second kappa shape index (κ2) is 3.25. The molecule has 0 amide bonds. The number of nitrogens with one attached hydrogen (secondary N) is 1. The fourth-order valence-electron chi connectivity index (χ4n) is 2.07. The summed E-state index contributed by atoms with van der Waals surface area (Å²) >= 11 is 0. The highest BCUT2D eigenvalue weighted by molar-refractivity contribution is 5.85. The van der Waals surface area contributed by atoms with Gasteiger partial charge in [0.15, 0.2) is 0 Å². The summed E-state index contributed by atoms with van der Waals surface area (Å²) < 4.78 is 40.2. The SMILES string of the molecule is Cl.[2H]C1([2H])NCC2(c3ccccc3C)C([2H])([2H])C12[2H]. The van der Waals surface area contributed by atoms with Crippen LogP contribution in [-0.4, -0.2) is 13.0 Å². The average Bonchev–Trinajstić information content (AvgIpc) is 2.54. The molecule has 1 heterocycles. The van der Waals surface area contributed by atoms with Crippen LogP contribution in [0.2, 0.25) is 0 Å². The Balaban J connectivity index is 0.00000133. The van der Waals surface area contributed by atoms with Gasteiger partial charge in [0.1, 0.15) is 0 Å². The van der Waals surface area contributed by atoms with Gasteiger partial charge in [0.25, 0.3) is 0 Å².